The molecule has 1 aliphatic heterocycles. The summed E-state index contributed by atoms with van der Waals surface area (Å²) in [6.45, 7) is 4.71. The molecule has 1 N–H and O–H groups in total. The van der Waals surface area contributed by atoms with Crippen LogP contribution in [0, 0.1) is 6.92 Å². The van der Waals surface area contributed by atoms with Gasteiger partial charge in [-0.2, -0.15) is 4.37 Å². The minimum Gasteiger partial charge on any atom is -0.352 e. The Morgan fingerprint density at radius 3 is 2.58 bits per heavy atom. The molecule has 2 aromatic heterocycles. The molecular weight excluding hydrogens is 408 g/mol. The number of fused-ring (bicyclic) bond motifs is 1. The standard InChI is InChI=1S/C23H22N6OS/c1-16-6-5-9-18(14-16)26-23(30)29-12-10-28(11-13-29)22-21-20(24-15-25-22)19(27-31-21)17-7-3-2-4-8-17/h2-9,14-15H,10-13H2,1H3,(H,26,30). The van der Waals surface area contributed by atoms with E-state index in [4.69, 9.17) is 0 Å². The summed E-state index contributed by atoms with van der Waals surface area (Å²) in [4.78, 5) is 25.8. The molecule has 2 aromatic carbocycles. The summed E-state index contributed by atoms with van der Waals surface area (Å²) in [7, 11) is 0. The van der Waals surface area contributed by atoms with E-state index in [0.29, 0.717) is 26.2 Å². The van der Waals surface area contributed by atoms with Crippen LogP contribution in [0.2, 0.25) is 0 Å². The lowest BCUT2D eigenvalue weighted by molar-refractivity contribution is 0.208. The smallest absolute Gasteiger partial charge is 0.321 e. The van der Waals surface area contributed by atoms with Crippen LogP contribution in [0.25, 0.3) is 21.5 Å². The number of aryl methyl sites for hydroxylation is 1. The summed E-state index contributed by atoms with van der Waals surface area (Å²) in [5, 5.41) is 2.99. The quantitative estimate of drug-likeness (QED) is 0.521. The van der Waals surface area contributed by atoms with E-state index in [1.54, 1.807) is 6.33 Å². The van der Waals surface area contributed by atoms with E-state index in [2.05, 4.69) is 24.6 Å². The van der Waals surface area contributed by atoms with Gasteiger partial charge in [0.1, 0.15) is 22.2 Å². The molecule has 1 fully saturated rings. The van der Waals surface area contributed by atoms with Gasteiger partial charge in [0.05, 0.1) is 0 Å². The number of benzene rings is 2. The first-order valence-electron chi connectivity index (χ1n) is 10.2. The fourth-order valence-electron chi connectivity index (χ4n) is 3.81. The number of amides is 2. The number of carbonyl (C=O) groups is 1. The van der Waals surface area contributed by atoms with Crippen LogP contribution in [0.3, 0.4) is 0 Å². The Balaban J connectivity index is 1.30. The predicted octanol–water partition coefficient (Wildman–Crippen LogP) is 4.42. The number of nitrogens with one attached hydrogen (secondary N) is 1. The monoisotopic (exact) mass is 430 g/mol. The van der Waals surface area contributed by atoms with Crippen LogP contribution >= 0.6 is 11.5 Å². The van der Waals surface area contributed by atoms with Crippen LogP contribution < -0.4 is 10.2 Å². The van der Waals surface area contributed by atoms with Gasteiger partial charge in [-0.3, -0.25) is 0 Å². The fourth-order valence-corrected chi connectivity index (χ4v) is 4.68. The number of anilines is 2. The van der Waals surface area contributed by atoms with Gasteiger partial charge in [-0.1, -0.05) is 42.5 Å². The molecule has 5 rings (SSSR count). The van der Waals surface area contributed by atoms with Crippen LogP contribution in [0.1, 0.15) is 5.56 Å². The molecule has 8 heteroatoms. The molecule has 2 amide bonds. The van der Waals surface area contributed by atoms with Gasteiger partial charge in [0, 0.05) is 37.4 Å². The van der Waals surface area contributed by atoms with Crippen LogP contribution in [-0.2, 0) is 0 Å². The highest BCUT2D eigenvalue weighted by Gasteiger charge is 2.25. The average molecular weight is 431 g/mol. The molecule has 0 saturated carbocycles. The Bertz CT molecular complexity index is 1220. The summed E-state index contributed by atoms with van der Waals surface area (Å²) in [5.41, 5.74) is 4.76. The molecule has 0 spiro atoms. The maximum atomic E-state index is 12.7. The molecule has 0 bridgehead atoms. The number of aromatic nitrogens is 3. The first-order chi connectivity index (χ1) is 15.2. The second kappa shape index (κ2) is 8.31. The molecular formula is C23H22N6OS. The normalized spacial score (nSPS) is 14.1. The molecule has 1 saturated heterocycles. The molecule has 0 atom stereocenters. The van der Waals surface area contributed by atoms with Crippen molar-refractivity contribution >= 4 is 39.3 Å². The zero-order valence-corrected chi connectivity index (χ0v) is 18.0. The molecule has 7 nitrogen and oxygen atoms in total. The first-order valence-corrected chi connectivity index (χ1v) is 11.0. The van der Waals surface area contributed by atoms with Crippen molar-refractivity contribution in [3.63, 3.8) is 0 Å². The molecule has 0 radical (unpaired) electrons. The number of urea groups is 1. The number of carbonyl (C=O) groups excluding carboxylic acids is 1. The SMILES string of the molecule is Cc1cccc(NC(=O)N2CCN(c3ncnc4c(-c5ccccc5)nsc34)CC2)c1. The van der Waals surface area contributed by atoms with Crippen molar-refractivity contribution in [3.8, 4) is 11.3 Å². The summed E-state index contributed by atoms with van der Waals surface area (Å²) in [5.74, 6) is 0.892. The minimum absolute atomic E-state index is 0.0674. The van der Waals surface area contributed by atoms with Crippen LogP contribution in [0.4, 0.5) is 16.3 Å². The lowest BCUT2D eigenvalue weighted by atomic mass is 10.1. The molecule has 31 heavy (non-hydrogen) atoms. The number of nitrogens with zero attached hydrogens (tertiary/aromatic N) is 5. The Labute approximate surface area is 184 Å². The number of piperazine rings is 1. The lowest BCUT2D eigenvalue weighted by Gasteiger charge is -2.35. The summed E-state index contributed by atoms with van der Waals surface area (Å²) in [6, 6.07) is 17.9. The fraction of sp³-hybridized carbons (Fsp3) is 0.217. The van der Waals surface area contributed by atoms with E-state index in [0.717, 1.165) is 38.5 Å². The van der Waals surface area contributed by atoms with Gasteiger partial charge >= 0.3 is 6.03 Å². The average Bonchev–Trinajstić information content (AvgIpc) is 3.24. The van der Waals surface area contributed by atoms with Crippen molar-refractivity contribution in [1.82, 2.24) is 19.2 Å². The van der Waals surface area contributed by atoms with E-state index in [-0.39, 0.29) is 6.03 Å². The van der Waals surface area contributed by atoms with Crippen molar-refractivity contribution in [2.45, 2.75) is 6.92 Å². The minimum atomic E-state index is -0.0674. The molecule has 3 heterocycles. The van der Waals surface area contributed by atoms with E-state index >= 15 is 0 Å². The largest absolute Gasteiger partial charge is 0.352 e. The van der Waals surface area contributed by atoms with Crippen molar-refractivity contribution in [2.75, 3.05) is 36.4 Å². The van der Waals surface area contributed by atoms with Crippen LogP contribution in [0.15, 0.2) is 60.9 Å². The molecule has 4 aromatic rings. The van der Waals surface area contributed by atoms with Gasteiger partial charge in [0.2, 0.25) is 0 Å². The molecule has 0 unspecified atom stereocenters. The highest BCUT2D eigenvalue weighted by Crippen LogP contribution is 2.34. The number of hydrogen-bond donors (Lipinski definition) is 1. The third kappa shape index (κ3) is 3.94. The van der Waals surface area contributed by atoms with Gasteiger partial charge in [-0.25, -0.2) is 14.8 Å². The Morgan fingerprint density at radius 2 is 1.81 bits per heavy atom. The third-order valence-electron chi connectivity index (χ3n) is 5.42. The van der Waals surface area contributed by atoms with Gasteiger partial charge < -0.3 is 15.1 Å². The summed E-state index contributed by atoms with van der Waals surface area (Å²) in [6.07, 6.45) is 1.61. The summed E-state index contributed by atoms with van der Waals surface area (Å²) >= 11 is 1.43. The van der Waals surface area contributed by atoms with Crippen molar-refractivity contribution in [2.24, 2.45) is 0 Å². The maximum Gasteiger partial charge on any atom is 0.321 e. The Kier molecular flexibility index (Phi) is 5.21. The first kappa shape index (κ1) is 19.4. The van der Waals surface area contributed by atoms with Gasteiger partial charge in [-0.05, 0) is 36.2 Å². The lowest BCUT2D eigenvalue weighted by Crippen LogP contribution is -2.50. The molecule has 156 valence electrons. The molecule has 1 aliphatic rings. The Hall–Kier alpha value is -3.52. The van der Waals surface area contributed by atoms with Gasteiger partial charge in [0.25, 0.3) is 0 Å². The van der Waals surface area contributed by atoms with Crippen molar-refractivity contribution in [1.29, 1.82) is 0 Å². The van der Waals surface area contributed by atoms with Gasteiger partial charge in [0.15, 0.2) is 5.82 Å². The van der Waals surface area contributed by atoms with Crippen LogP contribution in [-0.4, -0.2) is 51.5 Å². The summed E-state index contributed by atoms with van der Waals surface area (Å²) < 4.78 is 5.64. The third-order valence-corrected chi connectivity index (χ3v) is 6.25. The van der Waals surface area contributed by atoms with E-state index in [1.807, 2.05) is 66.4 Å². The zero-order chi connectivity index (χ0) is 21.2. The second-order valence-corrected chi connectivity index (χ2v) is 8.32. The highest BCUT2D eigenvalue weighted by atomic mass is 32.1. The highest BCUT2D eigenvalue weighted by molar-refractivity contribution is 7.14. The topological polar surface area (TPSA) is 74.2 Å². The van der Waals surface area contributed by atoms with Crippen molar-refractivity contribution < 1.29 is 4.79 Å². The van der Waals surface area contributed by atoms with Crippen LogP contribution in [0.5, 0.6) is 0 Å². The van der Waals surface area contributed by atoms with E-state index in [9.17, 15) is 4.79 Å². The van der Waals surface area contributed by atoms with Gasteiger partial charge in [-0.15, -0.1) is 0 Å². The zero-order valence-electron chi connectivity index (χ0n) is 17.2. The van der Waals surface area contributed by atoms with E-state index in [1.165, 1.54) is 11.5 Å². The molecule has 0 aliphatic carbocycles. The number of rotatable bonds is 3. The second-order valence-electron chi connectivity index (χ2n) is 7.55. The predicted molar refractivity (Wildman–Crippen MR) is 125 cm³/mol. The van der Waals surface area contributed by atoms with E-state index < -0.39 is 0 Å². The maximum absolute atomic E-state index is 12.7. The Morgan fingerprint density at radius 1 is 1.00 bits per heavy atom. The number of hydrogen-bond acceptors (Lipinski definition) is 6. The van der Waals surface area contributed by atoms with Crippen molar-refractivity contribution in [3.05, 3.63) is 66.5 Å².